The average Bonchev–Trinajstić information content (AvgIpc) is 2.44. The highest BCUT2D eigenvalue weighted by Gasteiger charge is 2.11. The van der Waals surface area contributed by atoms with E-state index in [1.807, 2.05) is 0 Å². The van der Waals surface area contributed by atoms with Gasteiger partial charge in [-0.05, 0) is 19.1 Å². The smallest absolute Gasteiger partial charge is 0.341 e. The summed E-state index contributed by atoms with van der Waals surface area (Å²) in [7, 11) is 1.32. The van der Waals surface area contributed by atoms with Gasteiger partial charge in [-0.1, -0.05) is 6.07 Å². The molecule has 0 aliphatic carbocycles. The largest absolute Gasteiger partial charge is 0.486 e. The predicted octanol–water partition coefficient (Wildman–Crippen LogP) is 1.73. The van der Waals surface area contributed by atoms with E-state index in [1.54, 1.807) is 31.2 Å². The molecule has 0 amide bonds. The summed E-state index contributed by atoms with van der Waals surface area (Å²) in [5.41, 5.74) is 7.18. The van der Waals surface area contributed by atoms with Crippen molar-refractivity contribution >= 4 is 11.7 Å². The fourth-order valence-electron chi connectivity index (χ4n) is 1.65. The van der Waals surface area contributed by atoms with Crippen molar-refractivity contribution < 1.29 is 14.3 Å². The Morgan fingerprint density at radius 1 is 1.40 bits per heavy atom. The van der Waals surface area contributed by atoms with Gasteiger partial charge in [-0.3, -0.25) is 0 Å². The first-order valence-corrected chi connectivity index (χ1v) is 5.99. The first-order valence-electron chi connectivity index (χ1n) is 5.99. The molecule has 6 nitrogen and oxygen atoms in total. The van der Waals surface area contributed by atoms with Crippen LogP contribution in [0.15, 0.2) is 30.5 Å². The fraction of sp³-hybridized carbons (Fsp3) is 0.214. The molecule has 0 aliphatic heterocycles. The highest BCUT2D eigenvalue weighted by Crippen LogP contribution is 2.15. The molecule has 0 atom stereocenters. The van der Waals surface area contributed by atoms with Gasteiger partial charge in [-0.15, -0.1) is 0 Å². The number of hydrogen-bond donors (Lipinski definition) is 1. The maximum Gasteiger partial charge on any atom is 0.341 e. The van der Waals surface area contributed by atoms with E-state index in [1.165, 1.54) is 13.3 Å². The van der Waals surface area contributed by atoms with Crippen molar-refractivity contribution in [3.05, 3.63) is 47.5 Å². The molecule has 20 heavy (non-hydrogen) atoms. The Hall–Kier alpha value is -2.63. The van der Waals surface area contributed by atoms with Crippen molar-refractivity contribution in [1.82, 2.24) is 9.97 Å². The van der Waals surface area contributed by atoms with E-state index in [4.69, 9.17) is 10.5 Å². The van der Waals surface area contributed by atoms with Gasteiger partial charge in [0.15, 0.2) is 5.82 Å². The van der Waals surface area contributed by atoms with Gasteiger partial charge >= 0.3 is 5.97 Å². The van der Waals surface area contributed by atoms with E-state index in [9.17, 15) is 4.79 Å². The summed E-state index contributed by atoms with van der Waals surface area (Å²) in [5.74, 6) is 0.673. The van der Waals surface area contributed by atoms with Crippen LogP contribution in [0.2, 0.25) is 0 Å². The van der Waals surface area contributed by atoms with Gasteiger partial charge in [0.25, 0.3) is 0 Å². The summed E-state index contributed by atoms with van der Waals surface area (Å²) >= 11 is 0. The number of benzene rings is 1. The zero-order chi connectivity index (χ0) is 14.5. The number of carbonyl (C=O) groups excluding carboxylic acids is 1. The number of nitrogens with zero attached hydrogens (tertiary/aromatic N) is 2. The number of aromatic nitrogens is 2. The fourth-order valence-corrected chi connectivity index (χ4v) is 1.65. The number of hydrogen-bond acceptors (Lipinski definition) is 6. The number of rotatable bonds is 4. The van der Waals surface area contributed by atoms with Crippen LogP contribution in [-0.4, -0.2) is 23.0 Å². The molecular formula is C14H15N3O3. The highest BCUT2D eigenvalue weighted by atomic mass is 16.5. The summed E-state index contributed by atoms with van der Waals surface area (Å²) in [4.78, 5) is 19.7. The molecule has 1 aromatic heterocycles. The van der Waals surface area contributed by atoms with E-state index in [-0.39, 0.29) is 6.61 Å². The molecule has 2 N–H and O–H groups in total. The second-order valence-corrected chi connectivity index (χ2v) is 4.14. The Morgan fingerprint density at radius 3 is 2.85 bits per heavy atom. The normalized spacial score (nSPS) is 10.1. The number of methoxy groups -OCH3 is 1. The Morgan fingerprint density at radius 2 is 2.20 bits per heavy atom. The molecule has 2 aromatic rings. The van der Waals surface area contributed by atoms with Crippen molar-refractivity contribution in [3.8, 4) is 5.75 Å². The molecule has 104 valence electrons. The number of nitrogens with two attached hydrogens (primary N) is 1. The third kappa shape index (κ3) is 3.23. The minimum atomic E-state index is -0.453. The number of nitrogen functional groups attached to an aromatic ring is 1. The van der Waals surface area contributed by atoms with Crippen molar-refractivity contribution in [2.45, 2.75) is 13.5 Å². The molecule has 2 rings (SSSR count). The minimum Gasteiger partial charge on any atom is -0.486 e. The van der Waals surface area contributed by atoms with E-state index in [2.05, 4.69) is 14.7 Å². The van der Waals surface area contributed by atoms with Crippen molar-refractivity contribution in [2.75, 3.05) is 12.8 Å². The van der Waals surface area contributed by atoms with Crippen molar-refractivity contribution in [3.63, 3.8) is 0 Å². The summed E-state index contributed by atoms with van der Waals surface area (Å²) in [6.07, 6.45) is 1.44. The summed E-state index contributed by atoms with van der Waals surface area (Å²) in [6.45, 7) is 1.92. The molecular weight excluding hydrogens is 258 g/mol. The molecule has 1 aromatic carbocycles. The monoisotopic (exact) mass is 273 g/mol. The van der Waals surface area contributed by atoms with Crippen LogP contribution < -0.4 is 10.5 Å². The van der Waals surface area contributed by atoms with Crippen LogP contribution in [0, 0.1) is 6.92 Å². The summed E-state index contributed by atoms with van der Waals surface area (Å²) in [6, 6.07) is 7.09. The van der Waals surface area contributed by atoms with Crippen LogP contribution in [0.3, 0.4) is 0 Å². The lowest BCUT2D eigenvalue weighted by Gasteiger charge is -2.07. The zero-order valence-electron chi connectivity index (χ0n) is 11.3. The van der Waals surface area contributed by atoms with Crippen LogP contribution >= 0.6 is 0 Å². The van der Waals surface area contributed by atoms with Crippen molar-refractivity contribution in [1.29, 1.82) is 0 Å². The number of ether oxygens (including phenoxy) is 2. The molecule has 6 heteroatoms. The summed E-state index contributed by atoms with van der Waals surface area (Å²) < 4.78 is 10.2. The number of carbonyl (C=O) groups is 1. The summed E-state index contributed by atoms with van der Waals surface area (Å²) in [5, 5.41) is 0. The van der Waals surface area contributed by atoms with Gasteiger partial charge < -0.3 is 15.2 Å². The van der Waals surface area contributed by atoms with Crippen LogP contribution in [0.5, 0.6) is 5.75 Å². The van der Waals surface area contributed by atoms with E-state index >= 15 is 0 Å². The topological polar surface area (TPSA) is 87.3 Å². The number of aryl methyl sites for hydroxylation is 1. The highest BCUT2D eigenvalue weighted by molar-refractivity contribution is 5.89. The molecule has 0 fully saturated rings. The van der Waals surface area contributed by atoms with Crippen LogP contribution in [0.4, 0.5) is 5.69 Å². The maximum atomic E-state index is 11.4. The lowest BCUT2D eigenvalue weighted by molar-refractivity contribution is 0.0598. The quantitative estimate of drug-likeness (QED) is 0.674. The Labute approximate surface area is 116 Å². The molecule has 0 aliphatic rings. The third-order valence-corrected chi connectivity index (χ3v) is 2.66. The number of anilines is 1. The SMILES string of the molecule is COC(=O)c1cnc(COc2cccc(N)c2)nc1C. The molecule has 0 saturated carbocycles. The second kappa shape index (κ2) is 6.01. The molecule has 0 bridgehead atoms. The van der Waals surface area contributed by atoms with Crippen LogP contribution in [-0.2, 0) is 11.3 Å². The predicted molar refractivity (Wildman–Crippen MR) is 73.3 cm³/mol. The number of esters is 1. The van der Waals surface area contributed by atoms with E-state index in [0.717, 1.165) is 0 Å². The van der Waals surface area contributed by atoms with E-state index < -0.39 is 5.97 Å². The molecule has 0 saturated heterocycles. The average molecular weight is 273 g/mol. The first-order chi connectivity index (χ1) is 9.60. The minimum absolute atomic E-state index is 0.200. The Balaban J connectivity index is 2.07. The third-order valence-electron chi connectivity index (χ3n) is 2.66. The maximum absolute atomic E-state index is 11.4. The van der Waals surface area contributed by atoms with Gasteiger partial charge in [-0.25, -0.2) is 14.8 Å². The lowest BCUT2D eigenvalue weighted by atomic mass is 10.2. The Kier molecular flexibility index (Phi) is 4.14. The lowest BCUT2D eigenvalue weighted by Crippen LogP contribution is -2.10. The molecule has 0 radical (unpaired) electrons. The Bertz CT molecular complexity index is 629. The van der Waals surface area contributed by atoms with E-state index in [0.29, 0.717) is 28.5 Å². The van der Waals surface area contributed by atoms with Gasteiger partial charge in [0, 0.05) is 18.0 Å². The molecule has 1 heterocycles. The van der Waals surface area contributed by atoms with Gasteiger partial charge in [0.05, 0.1) is 18.4 Å². The van der Waals surface area contributed by atoms with Gasteiger partial charge in [-0.2, -0.15) is 0 Å². The van der Waals surface area contributed by atoms with Crippen LogP contribution in [0.25, 0.3) is 0 Å². The standard InChI is InChI=1S/C14H15N3O3/c1-9-12(14(18)19-2)7-16-13(17-9)8-20-11-5-3-4-10(15)6-11/h3-7H,8,15H2,1-2H3. The second-order valence-electron chi connectivity index (χ2n) is 4.14. The first kappa shape index (κ1) is 13.8. The van der Waals surface area contributed by atoms with Crippen molar-refractivity contribution in [2.24, 2.45) is 0 Å². The van der Waals surface area contributed by atoms with Gasteiger partial charge in [0.2, 0.25) is 0 Å². The zero-order valence-corrected chi connectivity index (χ0v) is 11.3. The molecule has 0 unspecified atom stereocenters. The van der Waals surface area contributed by atoms with Crippen LogP contribution in [0.1, 0.15) is 21.9 Å². The molecule has 0 spiro atoms. The van der Waals surface area contributed by atoms with Gasteiger partial charge in [0.1, 0.15) is 12.4 Å².